The van der Waals surface area contributed by atoms with E-state index in [1.165, 1.54) is 0 Å². The van der Waals surface area contributed by atoms with Crippen molar-refractivity contribution in [3.63, 3.8) is 0 Å². The Morgan fingerprint density at radius 1 is 0.920 bits per heavy atom. The Morgan fingerprint density at radius 3 is 1.92 bits per heavy atom. The maximum Gasteiger partial charge on any atom is 0.171 e. The molecule has 0 aliphatic rings. The molecule has 0 bridgehead atoms. The van der Waals surface area contributed by atoms with Crippen molar-refractivity contribution in [1.82, 2.24) is 4.98 Å². The standard InChI is InChI=1S/C22H20NOP/c1-18(2)16-22(19-10-9-15-23-17-19)25(24,20-11-5-3-6-12-20)21-13-7-4-8-14-21/h3-17H,1H2,2H3/b22-16+. The van der Waals surface area contributed by atoms with Gasteiger partial charge in [0.2, 0.25) is 0 Å². The molecule has 1 heterocycles. The molecule has 0 saturated heterocycles. The zero-order chi connectivity index (χ0) is 17.7. The van der Waals surface area contributed by atoms with Crippen LogP contribution in [0.3, 0.4) is 0 Å². The summed E-state index contributed by atoms with van der Waals surface area (Å²) in [6.45, 7) is 5.92. The highest BCUT2D eigenvalue weighted by molar-refractivity contribution is 7.87. The summed E-state index contributed by atoms with van der Waals surface area (Å²) >= 11 is 0. The summed E-state index contributed by atoms with van der Waals surface area (Å²) in [4.78, 5) is 4.22. The first-order valence-corrected chi connectivity index (χ1v) is 9.82. The molecule has 0 N–H and O–H groups in total. The molecule has 0 atom stereocenters. The second-order valence-electron chi connectivity index (χ2n) is 5.90. The summed E-state index contributed by atoms with van der Waals surface area (Å²) in [5, 5.41) is 2.36. The molecule has 3 rings (SSSR count). The van der Waals surface area contributed by atoms with Crippen LogP contribution in [0.1, 0.15) is 12.5 Å². The van der Waals surface area contributed by atoms with E-state index < -0.39 is 7.14 Å². The lowest BCUT2D eigenvalue weighted by Crippen LogP contribution is -2.17. The van der Waals surface area contributed by atoms with E-state index in [4.69, 9.17) is 0 Å². The topological polar surface area (TPSA) is 30.0 Å². The second kappa shape index (κ2) is 7.46. The molecule has 3 aromatic rings. The van der Waals surface area contributed by atoms with Crippen molar-refractivity contribution in [2.24, 2.45) is 0 Å². The molecule has 0 aliphatic carbocycles. The van der Waals surface area contributed by atoms with Gasteiger partial charge in [-0.2, -0.15) is 0 Å². The van der Waals surface area contributed by atoms with Crippen LogP contribution in [0.2, 0.25) is 0 Å². The van der Waals surface area contributed by atoms with Gasteiger partial charge in [0.15, 0.2) is 7.14 Å². The van der Waals surface area contributed by atoms with Crippen molar-refractivity contribution in [3.05, 3.63) is 109 Å². The quantitative estimate of drug-likeness (QED) is 0.480. The zero-order valence-electron chi connectivity index (χ0n) is 14.2. The number of nitrogens with zero attached hydrogens (tertiary/aromatic N) is 1. The maximum atomic E-state index is 14.5. The van der Waals surface area contributed by atoms with Crippen LogP contribution in [0.4, 0.5) is 0 Å². The summed E-state index contributed by atoms with van der Waals surface area (Å²) in [7, 11) is -3.05. The van der Waals surface area contributed by atoms with Gasteiger partial charge in [-0.3, -0.25) is 4.98 Å². The fourth-order valence-electron chi connectivity index (χ4n) is 2.81. The van der Waals surface area contributed by atoms with Crippen molar-refractivity contribution in [3.8, 4) is 0 Å². The first-order chi connectivity index (χ1) is 12.1. The summed E-state index contributed by atoms with van der Waals surface area (Å²) in [5.74, 6) is 0. The number of hydrogen-bond donors (Lipinski definition) is 0. The van der Waals surface area contributed by atoms with Crippen LogP contribution >= 0.6 is 7.14 Å². The Hall–Kier alpha value is -2.70. The average molecular weight is 345 g/mol. The van der Waals surface area contributed by atoms with E-state index in [2.05, 4.69) is 11.6 Å². The van der Waals surface area contributed by atoms with Gasteiger partial charge in [0.05, 0.1) is 0 Å². The number of hydrogen-bond acceptors (Lipinski definition) is 2. The average Bonchev–Trinajstić information content (AvgIpc) is 2.67. The highest BCUT2D eigenvalue weighted by Crippen LogP contribution is 2.56. The maximum absolute atomic E-state index is 14.5. The number of aromatic nitrogens is 1. The van der Waals surface area contributed by atoms with Crippen LogP contribution in [0, 0.1) is 0 Å². The third kappa shape index (κ3) is 3.55. The van der Waals surface area contributed by atoms with Gasteiger partial charge in [-0.25, -0.2) is 0 Å². The second-order valence-corrected chi connectivity index (χ2v) is 8.63. The van der Waals surface area contributed by atoms with Gasteiger partial charge in [-0.05, 0) is 19.1 Å². The van der Waals surface area contributed by atoms with Crippen molar-refractivity contribution >= 4 is 23.1 Å². The normalized spacial score (nSPS) is 12.0. The van der Waals surface area contributed by atoms with Crippen molar-refractivity contribution in [2.75, 3.05) is 0 Å². The lowest BCUT2D eigenvalue weighted by molar-refractivity contribution is 0.593. The highest BCUT2D eigenvalue weighted by atomic mass is 31.2. The third-order valence-electron chi connectivity index (χ3n) is 3.92. The van der Waals surface area contributed by atoms with E-state index in [1.54, 1.807) is 12.4 Å². The summed E-state index contributed by atoms with van der Waals surface area (Å²) < 4.78 is 14.5. The molecule has 3 heteroatoms. The number of rotatable bonds is 5. The highest BCUT2D eigenvalue weighted by Gasteiger charge is 2.32. The lowest BCUT2D eigenvalue weighted by atomic mass is 10.2. The minimum Gasteiger partial charge on any atom is -0.309 e. The molecular formula is C22H20NOP. The Kier molecular flexibility index (Phi) is 5.11. The van der Waals surface area contributed by atoms with E-state index in [0.717, 1.165) is 27.1 Å². The van der Waals surface area contributed by atoms with E-state index in [0.29, 0.717) is 0 Å². The van der Waals surface area contributed by atoms with Crippen LogP contribution in [-0.2, 0) is 4.57 Å². The molecule has 0 spiro atoms. The molecule has 0 fully saturated rings. The summed E-state index contributed by atoms with van der Waals surface area (Å²) in [6, 6.07) is 23.1. The van der Waals surface area contributed by atoms with Crippen LogP contribution in [0.25, 0.3) is 5.31 Å². The molecule has 0 radical (unpaired) electrons. The zero-order valence-corrected chi connectivity index (χ0v) is 15.1. The van der Waals surface area contributed by atoms with Gasteiger partial charge < -0.3 is 4.57 Å². The van der Waals surface area contributed by atoms with Gasteiger partial charge in [-0.1, -0.05) is 78.9 Å². The third-order valence-corrected chi connectivity index (χ3v) is 7.04. The molecule has 124 valence electrons. The predicted octanol–water partition coefficient (Wildman–Crippen LogP) is 5.01. The van der Waals surface area contributed by atoms with E-state index in [1.807, 2.05) is 85.8 Å². The van der Waals surface area contributed by atoms with Crippen molar-refractivity contribution < 1.29 is 4.57 Å². The predicted molar refractivity (Wildman–Crippen MR) is 107 cm³/mol. The fraction of sp³-hybridized carbons (Fsp3) is 0.0455. The molecule has 1 aromatic heterocycles. The molecule has 0 amide bonds. The first kappa shape index (κ1) is 17.1. The SMILES string of the molecule is C=C(C)/C=C(\c1cccnc1)P(=O)(c1ccccc1)c1ccccc1. The Labute approximate surface area is 149 Å². The Balaban J connectivity index is 2.33. The number of pyridine rings is 1. The van der Waals surface area contributed by atoms with Crippen LogP contribution in [-0.4, -0.2) is 4.98 Å². The molecule has 2 nitrogen and oxygen atoms in total. The largest absolute Gasteiger partial charge is 0.309 e. The van der Waals surface area contributed by atoms with Crippen LogP contribution < -0.4 is 10.6 Å². The Morgan fingerprint density at radius 2 is 1.48 bits per heavy atom. The summed E-state index contributed by atoms with van der Waals surface area (Å²) in [5.41, 5.74) is 1.70. The van der Waals surface area contributed by atoms with Crippen molar-refractivity contribution in [2.45, 2.75) is 6.92 Å². The molecule has 2 aromatic carbocycles. The first-order valence-electron chi connectivity index (χ1n) is 8.12. The van der Waals surface area contributed by atoms with E-state index >= 15 is 0 Å². The minimum absolute atomic E-state index is 0.755. The molecule has 0 unspecified atom stereocenters. The number of allylic oxidation sites excluding steroid dienone is 2. The lowest BCUT2D eigenvalue weighted by Gasteiger charge is -2.23. The van der Waals surface area contributed by atoms with E-state index in [-0.39, 0.29) is 0 Å². The molecule has 25 heavy (non-hydrogen) atoms. The summed E-state index contributed by atoms with van der Waals surface area (Å²) in [6.07, 6.45) is 5.39. The minimum atomic E-state index is -3.05. The Bertz CT molecular complexity index is 888. The monoisotopic (exact) mass is 345 g/mol. The van der Waals surface area contributed by atoms with Crippen LogP contribution in [0.15, 0.2) is 103 Å². The van der Waals surface area contributed by atoms with Gasteiger partial charge >= 0.3 is 0 Å². The fourth-order valence-corrected chi connectivity index (χ4v) is 5.74. The number of benzene rings is 2. The van der Waals surface area contributed by atoms with Gasteiger partial charge in [0.1, 0.15) is 0 Å². The van der Waals surface area contributed by atoms with Gasteiger partial charge in [0.25, 0.3) is 0 Å². The van der Waals surface area contributed by atoms with Gasteiger partial charge in [-0.15, -0.1) is 0 Å². The van der Waals surface area contributed by atoms with E-state index in [9.17, 15) is 4.57 Å². The molecular weight excluding hydrogens is 325 g/mol. The van der Waals surface area contributed by atoms with Gasteiger partial charge in [0, 0.05) is 33.9 Å². The molecule has 0 saturated carbocycles. The van der Waals surface area contributed by atoms with Crippen molar-refractivity contribution in [1.29, 1.82) is 0 Å². The molecule has 0 aliphatic heterocycles. The smallest absolute Gasteiger partial charge is 0.171 e. The van der Waals surface area contributed by atoms with Crippen LogP contribution in [0.5, 0.6) is 0 Å².